The molecule has 2 heterocycles. The van der Waals surface area contributed by atoms with Gasteiger partial charge in [-0.25, -0.2) is 9.13 Å². The fourth-order valence-corrected chi connectivity index (χ4v) is 4.64. The molecule has 0 fully saturated rings. The van der Waals surface area contributed by atoms with E-state index in [-0.39, 0.29) is 0 Å². The zero-order chi connectivity index (χ0) is 32.6. The van der Waals surface area contributed by atoms with E-state index in [4.69, 9.17) is 0 Å². The summed E-state index contributed by atoms with van der Waals surface area (Å²) in [6.07, 6.45) is 21.0. The molecule has 232 valence electrons. The van der Waals surface area contributed by atoms with Gasteiger partial charge in [0.25, 0.3) is 0 Å². The highest BCUT2D eigenvalue weighted by Gasteiger charge is 2.05. The molecule has 0 atom stereocenters. The number of allylic oxidation sites excluding steroid dienone is 3. The molecule has 5 rings (SSSR count). The molecule has 0 aliphatic rings. The van der Waals surface area contributed by atoms with Crippen molar-refractivity contribution in [2.24, 2.45) is 0 Å². The molecule has 0 saturated carbocycles. The minimum Gasteiger partial charge on any atom is -0.377 e. The second-order valence-electron chi connectivity index (χ2n) is 11.4. The number of benzene rings is 3. The predicted octanol–water partition coefficient (Wildman–Crippen LogP) is 7.12. The topological polar surface area (TPSA) is 31.3 Å². The Hall–Kier alpha value is -5.55. The van der Waals surface area contributed by atoms with Crippen molar-refractivity contribution in [3.8, 4) is 0 Å². The molecule has 5 aromatic rings. The van der Waals surface area contributed by atoms with E-state index in [2.05, 4.69) is 169 Å². The van der Waals surface area contributed by atoms with E-state index < -0.39 is 0 Å². The molecule has 0 amide bonds. The molecular weight excluding hydrogens is 564 g/mol. The van der Waals surface area contributed by atoms with Crippen molar-refractivity contribution in [1.29, 1.82) is 0 Å². The van der Waals surface area contributed by atoms with Crippen LogP contribution in [0.15, 0.2) is 146 Å². The largest absolute Gasteiger partial charge is 0.377 e. The Labute approximate surface area is 274 Å². The summed E-state index contributed by atoms with van der Waals surface area (Å²) in [4.78, 5) is 14.1. The SMILES string of the molecule is CN(C)c1cc[n+](Cc2ccc(/C=C\C=C/c3ccc(C[n+]4ccc(N(C)C)cc4)cc3)cc2)cc1.O=C/C=C\c1ccccc1. The molecule has 2 aromatic heterocycles. The number of carbonyl (C=O) groups is 1. The van der Waals surface area contributed by atoms with Crippen LogP contribution in [-0.2, 0) is 17.9 Å². The lowest BCUT2D eigenvalue weighted by Crippen LogP contribution is -2.33. The zero-order valence-electron chi connectivity index (χ0n) is 27.3. The Morgan fingerprint density at radius 1 is 0.478 bits per heavy atom. The van der Waals surface area contributed by atoms with Gasteiger partial charge in [0.1, 0.15) is 6.29 Å². The first-order valence-electron chi connectivity index (χ1n) is 15.4. The van der Waals surface area contributed by atoms with Crippen molar-refractivity contribution in [1.82, 2.24) is 0 Å². The second kappa shape index (κ2) is 17.7. The van der Waals surface area contributed by atoms with Crippen molar-refractivity contribution in [2.75, 3.05) is 38.0 Å². The maximum Gasteiger partial charge on any atom is 0.173 e. The monoisotopic (exact) mass is 608 g/mol. The minimum absolute atomic E-state index is 0.771. The van der Waals surface area contributed by atoms with E-state index >= 15 is 0 Å². The van der Waals surface area contributed by atoms with Crippen molar-refractivity contribution in [3.63, 3.8) is 0 Å². The first-order chi connectivity index (χ1) is 22.4. The van der Waals surface area contributed by atoms with Gasteiger partial charge < -0.3 is 9.80 Å². The van der Waals surface area contributed by atoms with Crippen molar-refractivity contribution in [2.45, 2.75) is 13.1 Å². The van der Waals surface area contributed by atoms with E-state index in [1.165, 1.54) is 39.7 Å². The predicted molar refractivity (Wildman–Crippen MR) is 193 cm³/mol. The zero-order valence-corrected chi connectivity index (χ0v) is 27.3. The highest BCUT2D eigenvalue weighted by Crippen LogP contribution is 2.11. The summed E-state index contributed by atoms with van der Waals surface area (Å²) in [5.74, 6) is 0. The van der Waals surface area contributed by atoms with Crippen LogP contribution < -0.4 is 18.9 Å². The van der Waals surface area contributed by atoms with Gasteiger partial charge in [-0.2, -0.15) is 0 Å². The van der Waals surface area contributed by atoms with Crippen LogP contribution in [0.2, 0.25) is 0 Å². The third-order valence-electron chi connectivity index (χ3n) is 7.32. The van der Waals surface area contributed by atoms with Crippen LogP contribution in [-0.4, -0.2) is 34.5 Å². The lowest BCUT2D eigenvalue weighted by molar-refractivity contribution is -0.688. The van der Waals surface area contributed by atoms with Gasteiger partial charge >= 0.3 is 0 Å². The smallest absolute Gasteiger partial charge is 0.173 e. The van der Waals surface area contributed by atoms with Gasteiger partial charge in [0, 0.05) is 75.0 Å². The van der Waals surface area contributed by atoms with Gasteiger partial charge in [-0.3, -0.25) is 4.79 Å². The summed E-state index contributed by atoms with van der Waals surface area (Å²) in [5, 5.41) is 0. The van der Waals surface area contributed by atoms with E-state index in [0.717, 1.165) is 24.9 Å². The van der Waals surface area contributed by atoms with E-state index in [9.17, 15) is 4.79 Å². The average Bonchev–Trinajstić information content (AvgIpc) is 3.08. The standard InChI is InChI=1S/C32H36N4.C9H8O/c1-33(2)31-17-21-35(22-18-31)25-29-13-9-27(10-14-29)7-5-6-8-28-11-15-30(16-12-28)26-36-23-19-32(20-24-36)34(3)4;10-8-4-7-9-5-2-1-3-6-9/h5-24H,25-26H2,1-4H3;1-8H/q+2;/b7-5-,8-6-;7-4-. The number of carbonyl (C=O) groups excluding carboxylic acids is 1. The third-order valence-corrected chi connectivity index (χ3v) is 7.32. The number of anilines is 2. The molecule has 46 heavy (non-hydrogen) atoms. The number of aldehydes is 1. The second-order valence-corrected chi connectivity index (χ2v) is 11.4. The molecule has 5 nitrogen and oxygen atoms in total. The molecule has 0 saturated heterocycles. The average molecular weight is 609 g/mol. The van der Waals surface area contributed by atoms with Crippen molar-refractivity contribution >= 4 is 35.9 Å². The van der Waals surface area contributed by atoms with Crippen LogP contribution in [0.25, 0.3) is 18.2 Å². The third kappa shape index (κ3) is 11.2. The van der Waals surface area contributed by atoms with Crippen LogP contribution in [0.3, 0.4) is 0 Å². The first-order valence-corrected chi connectivity index (χ1v) is 15.4. The van der Waals surface area contributed by atoms with E-state index in [0.29, 0.717) is 0 Å². The number of rotatable bonds is 11. The Bertz CT molecular complexity index is 1600. The fraction of sp³-hybridized carbons (Fsp3) is 0.146. The molecule has 0 aliphatic carbocycles. The van der Waals surface area contributed by atoms with Gasteiger partial charge in [0.05, 0.1) is 0 Å². The number of pyridine rings is 2. The van der Waals surface area contributed by atoms with E-state index in [1.807, 2.05) is 30.3 Å². The maximum absolute atomic E-state index is 9.89. The summed E-state index contributed by atoms with van der Waals surface area (Å²) in [6, 6.07) is 35.7. The Morgan fingerprint density at radius 3 is 1.22 bits per heavy atom. The highest BCUT2D eigenvalue weighted by atomic mass is 16.1. The summed E-state index contributed by atoms with van der Waals surface area (Å²) in [5.41, 5.74) is 8.44. The van der Waals surface area contributed by atoms with Gasteiger partial charge in [0.2, 0.25) is 0 Å². The van der Waals surface area contributed by atoms with E-state index in [1.54, 1.807) is 6.08 Å². The summed E-state index contributed by atoms with van der Waals surface area (Å²) >= 11 is 0. The van der Waals surface area contributed by atoms with Crippen molar-refractivity contribution < 1.29 is 13.9 Å². The molecule has 0 bridgehead atoms. The normalized spacial score (nSPS) is 11.0. The molecule has 3 aromatic carbocycles. The molecule has 0 unspecified atom stereocenters. The lowest BCUT2D eigenvalue weighted by Gasteiger charge is -2.10. The summed E-state index contributed by atoms with van der Waals surface area (Å²) in [6.45, 7) is 1.74. The molecule has 0 spiro atoms. The summed E-state index contributed by atoms with van der Waals surface area (Å²) < 4.78 is 4.40. The quantitative estimate of drug-likeness (QED) is 0.0693. The molecule has 0 N–H and O–H groups in total. The van der Waals surface area contributed by atoms with Crippen LogP contribution in [0, 0.1) is 0 Å². The van der Waals surface area contributed by atoms with Gasteiger partial charge in [-0.15, -0.1) is 0 Å². The van der Waals surface area contributed by atoms with Crippen LogP contribution in [0.5, 0.6) is 0 Å². The number of aromatic nitrogens is 2. The van der Waals surface area contributed by atoms with Crippen LogP contribution in [0.4, 0.5) is 11.4 Å². The molecule has 0 radical (unpaired) electrons. The first kappa shape index (κ1) is 33.3. The maximum atomic E-state index is 9.89. The fourth-order valence-electron chi connectivity index (χ4n) is 4.64. The highest BCUT2D eigenvalue weighted by molar-refractivity contribution is 5.73. The summed E-state index contributed by atoms with van der Waals surface area (Å²) in [7, 11) is 8.24. The Morgan fingerprint density at radius 2 is 0.848 bits per heavy atom. The van der Waals surface area contributed by atoms with Crippen LogP contribution >= 0.6 is 0 Å². The van der Waals surface area contributed by atoms with Gasteiger partial charge in [-0.05, 0) is 22.8 Å². The van der Waals surface area contributed by atoms with Gasteiger partial charge in [-0.1, -0.05) is 109 Å². The van der Waals surface area contributed by atoms with Gasteiger partial charge in [0.15, 0.2) is 37.9 Å². The Kier molecular flexibility index (Phi) is 12.8. The van der Waals surface area contributed by atoms with Crippen LogP contribution in [0.1, 0.15) is 27.8 Å². The molecular formula is C41H44N4O+2. The lowest BCUT2D eigenvalue weighted by atomic mass is 10.1. The number of nitrogens with zero attached hydrogens (tertiary/aromatic N) is 4. The number of hydrogen-bond acceptors (Lipinski definition) is 3. The minimum atomic E-state index is 0.771. The molecule has 5 heteroatoms. The molecule has 0 aliphatic heterocycles. The Balaban J connectivity index is 0.000000409. The number of hydrogen-bond donors (Lipinski definition) is 0. The van der Waals surface area contributed by atoms with Crippen molar-refractivity contribution in [3.05, 3.63) is 174 Å².